The Morgan fingerprint density at radius 3 is 2.80 bits per heavy atom. The molecule has 0 unspecified atom stereocenters. The topological polar surface area (TPSA) is 75.0 Å². The summed E-state index contributed by atoms with van der Waals surface area (Å²) in [6, 6.07) is 0. The van der Waals surface area contributed by atoms with Gasteiger partial charge in [-0.3, -0.25) is 9.89 Å². The number of anilines is 1. The van der Waals surface area contributed by atoms with Gasteiger partial charge in [-0.15, -0.1) is 0 Å². The minimum atomic E-state index is -0.00634. The summed E-state index contributed by atoms with van der Waals surface area (Å²) in [6.07, 6.45) is 3.64. The number of amides is 1. The summed E-state index contributed by atoms with van der Waals surface area (Å²) >= 11 is 0. The van der Waals surface area contributed by atoms with E-state index in [-0.39, 0.29) is 5.91 Å². The minimum Gasteiger partial charge on any atom is -0.383 e. The lowest BCUT2D eigenvalue weighted by Gasteiger charge is -2.30. The molecule has 2 heterocycles. The quantitative estimate of drug-likeness (QED) is 0.719. The van der Waals surface area contributed by atoms with Gasteiger partial charge >= 0.3 is 0 Å². The number of nitrogens with zero attached hydrogens (tertiary/aromatic N) is 2. The molecular weight excluding hydrogens is 192 g/mol. The molecule has 0 saturated carbocycles. The molecule has 1 fully saturated rings. The first-order valence-electron chi connectivity index (χ1n) is 5.26. The molecule has 0 bridgehead atoms. The van der Waals surface area contributed by atoms with Gasteiger partial charge in [0.15, 0.2) is 0 Å². The van der Waals surface area contributed by atoms with Crippen LogP contribution in [0.2, 0.25) is 0 Å². The van der Waals surface area contributed by atoms with E-state index in [2.05, 4.69) is 17.1 Å². The number of aromatic nitrogens is 2. The summed E-state index contributed by atoms with van der Waals surface area (Å²) in [5, 5.41) is 6.33. The highest BCUT2D eigenvalue weighted by molar-refractivity contribution is 5.98. The Kier molecular flexibility index (Phi) is 2.62. The first-order valence-corrected chi connectivity index (χ1v) is 5.26. The van der Waals surface area contributed by atoms with Gasteiger partial charge in [-0.1, -0.05) is 6.92 Å². The molecule has 82 valence electrons. The molecule has 0 radical (unpaired) electrons. The number of nitrogen functional groups attached to an aromatic ring is 1. The fraction of sp³-hybridized carbons (Fsp3) is 0.600. The summed E-state index contributed by atoms with van der Waals surface area (Å²) in [5.74, 6) is 1.07. The first kappa shape index (κ1) is 10.0. The Bertz CT molecular complexity index is 352. The molecule has 0 spiro atoms. The zero-order valence-electron chi connectivity index (χ0n) is 8.86. The maximum absolute atomic E-state index is 12.0. The third-order valence-corrected chi connectivity index (χ3v) is 2.97. The standard InChI is InChI=1S/C10H16N4O/c1-7-2-4-14(5-3-7)10(15)8-6-12-13-9(8)11/h6-7H,2-5H2,1H3,(H3,11,12,13). The van der Waals surface area contributed by atoms with Gasteiger partial charge < -0.3 is 10.6 Å². The average molecular weight is 208 g/mol. The van der Waals surface area contributed by atoms with Crippen LogP contribution in [0.5, 0.6) is 0 Å². The van der Waals surface area contributed by atoms with Gasteiger partial charge in [-0.05, 0) is 18.8 Å². The monoisotopic (exact) mass is 208 g/mol. The van der Waals surface area contributed by atoms with E-state index in [1.54, 1.807) is 0 Å². The van der Waals surface area contributed by atoms with Gasteiger partial charge in [0.1, 0.15) is 11.4 Å². The fourth-order valence-electron chi connectivity index (χ4n) is 1.85. The molecule has 1 aliphatic rings. The van der Waals surface area contributed by atoms with Gasteiger partial charge in [-0.25, -0.2) is 0 Å². The molecule has 0 aliphatic carbocycles. The zero-order valence-corrected chi connectivity index (χ0v) is 8.86. The molecule has 1 aromatic rings. The third kappa shape index (κ3) is 1.95. The van der Waals surface area contributed by atoms with Crippen LogP contribution in [0, 0.1) is 5.92 Å². The Labute approximate surface area is 88.6 Å². The predicted molar refractivity (Wildman–Crippen MR) is 57.3 cm³/mol. The molecule has 0 atom stereocenters. The molecule has 0 aromatic carbocycles. The Morgan fingerprint density at radius 2 is 2.27 bits per heavy atom. The number of carbonyl (C=O) groups is 1. The number of H-pyrrole nitrogens is 1. The summed E-state index contributed by atoms with van der Waals surface area (Å²) in [6.45, 7) is 3.86. The van der Waals surface area contributed by atoms with Gasteiger partial charge in [-0.2, -0.15) is 5.10 Å². The highest BCUT2D eigenvalue weighted by Gasteiger charge is 2.23. The molecule has 5 nitrogen and oxygen atoms in total. The van der Waals surface area contributed by atoms with Crippen LogP contribution in [0.1, 0.15) is 30.1 Å². The van der Waals surface area contributed by atoms with Crippen LogP contribution in [0.4, 0.5) is 5.82 Å². The van der Waals surface area contributed by atoms with Gasteiger partial charge in [0.25, 0.3) is 5.91 Å². The van der Waals surface area contributed by atoms with E-state index >= 15 is 0 Å². The van der Waals surface area contributed by atoms with Crippen LogP contribution in [-0.2, 0) is 0 Å². The van der Waals surface area contributed by atoms with Gasteiger partial charge in [0.05, 0.1) is 6.20 Å². The van der Waals surface area contributed by atoms with E-state index in [0.29, 0.717) is 11.4 Å². The van der Waals surface area contributed by atoms with E-state index in [4.69, 9.17) is 5.73 Å². The van der Waals surface area contributed by atoms with Crippen molar-refractivity contribution in [3.63, 3.8) is 0 Å². The van der Waals surface area contributed by atoms with Crippen LogP contribution in [0.3, 0.4) is 0 Å². The number of hydrogen-bond acceptors (Lipinski definition) is 3. The van der Waals surface area contributed by atoms with E-state index in [1.807, 2.05) is 4.90 Å². The van der Waals surface area contributed by atoms with Gasteiger partial charge in [0.2, 0.25) is 0 Å². The SMILES string of the molecule is CC1CCN(C(=O)c2cn[nH]c2N)CC1. The number of likely N-dealkylation sites (tertiary alicyclic amines) is 1. The molecule has 5 heteroatoms. The van der Waals surface area contributed by atoms with Crippen LogP contribution in [0.15, 0.2) is 6.20 Å². The average Bonchev–Trinajstić information content (AvgIpc) is 2.65. The number of rotatable bonds is 1. The van der Waals surface area contributed by atoms with Crippen molar-refractivity contribution in [2.45, 2.75) is 19.8 Å². The second kappa shape index (κ2) is 3.92. The number of piperidine rings is 1. The lowest BCUT2D eigenvalue weighted by atomic mass is 9.99. The van der Waals surface area contributed by atoms with Crippen molar-refractivity contribution in [2.75, 3.05) is 18.8 Å². The highest BCUT2D eigenvalue weighted by atomic mass is 16.2. The van der Waals surface area contributed by atoms with E-state index in [9.17, 15) is 4.79 Å². The van der Waals surface area contributed by atoms with E-state index < -0.39 is 0 Å². The Hall–Kier alpha value is -1.52. The summed E-state index contributed by atoms with van der Waals surface area (Å²) in [7, 11) is 0. The minimum absolute atomic E-state index is 0.00634. The summed E-state index contributed by atoms with van der Waals surface area (Å²) in [4.78, 5) is 13.8. The normalized spacial score (nSPS) is 18.1. The number of hydrogen-bond donors (Lipinski definition) is 2. The smallest absolute Gasteiger partial charge is 0.259 e. The second-order valence-corrected chi connectivity index (χ2v) is 4.17. The molecule has 2 rings (SSSR count). The van der Waals surface area contributed by atoms with Crippen LogP contribution >= 0.6 is 0 Å². The molecule has 1 aliphatic heterocycles. The Morgan fingerprint density at radius 1 is 1.60 bits per heavy atom. The van der Waals surface area contributed by atoms with Crippen LogP contribution in [-0.4, -0.2) is 34.1 Å². The first-order chi connectivity index (χ1) is 7.18. The van der Waals surface area contributed by atoms with Gasteiger partial charge in [0, 0.05) is 13.1 Å². The van der Waals surface area contributed by atoms with Crippen LogP contribution < -0.4 is 5.73 Å². The maximum atomic E-state index is 12.0. The summed E-state index contributed by atoms with van der Waals surface area (Å²) in [5.41, 5.74) is 6.10. The number of nitrogens with one attached hydrogen (secondary N) is 1. The Balaban J connectivity index is 2.06. The van der Waals surface area contributed by atoms with Crippen molar-refractivity contribution in [1.29, 1.82) is 0 Å². The highest BCUT2D eigenvalue weighted by Crippen LogP contribution is 2.19. The largest absolute Gasteiger partial charge is 0.383 e. The summed E-state index contributed by atoms with van der Waals surface area (Å²) < 4.78 is 0. The molecule has 3 N–H and O–H groups in total. The zero-order chi connectivity index (χ0) is 10.8. The van der Waals surface area contributed by atoms with E-state index in [1.165, 1.54) is 6.20 Å². The lowest BCUT2D eigenvalue weighted by molar-refractivity contribution is 0.0698. The molecule has 1 saturated heterocycles. The second-order valence-electron chi connectivity index (χ2n) is 4.17. The number of aromatic amines is 1. The van der Waals surface area contributed by atoms with Crippen molar-refractivity contribution in [3.8, 4) is 0 Å². The van der Waals surface area contributed by atoms with E-state index in [0.717, 1.165) is 31.8 Å². The lowest BCUT2D eigenvalue weighted by Crippen LogP contribution is -2.38. The van der Waals surface area contributed by atoms with Crippen molar-refractivity contribution >= 4 is 11.7 Å². The molecule has 1 amide bonds. The van der Waals surface area contributed by atoms with Crippen LogP contribution in [0.25, 0.3) is 0 Å². The molecule has 15 heavy (non-hydrogen) atoms. The maximum Gasteiger partial charge on any atom is 0.259 e. The number of nitrogens with two attached hydrogens (primary N) is 1. The van der Waals surface area contributed by atoms with Crippen molar-refractivity contribution in [2.24, 2.45) is 5.92 Å². The molecule has 1 aromatic heterocycles. The number of carbonyl (C=O) groups excluding carboxylic acids is 1. The fourth-order valence-corrected chi connectivity index (χ4v) is 1.85. The predicted octanol–water partition coefficient (Wildman–Crippen LogP) is 0.864. The van der Waals surface area contributed by atoms with Crippen molar-refractivity contribution < 1.29 is 4.79 Å². The molecular formula is C10H16N4O. The third-order valence-electron chi connectivity index (χ3n) is 2.97. The van der Waals surface area contributed by atoms with Crippen molar-refractivity contribution in [3.05, 3.63) is 11.8 Å². The van der Waals surface area contributed by atoms with Crippen molar-refractivity contribution in [1.82, 2.24) is 15.1 Å².